The van der Waals surface area contributed by atoms with Gasteiger partial charge in [0.2, 0.25) is 15.9 Å². The minimum Gasteiger partial charge on any atom is -0.378 e. The molecule has 0 heterocycles. The molecule has 0 unspecified atom stereocenters. The van der Waals surface area contributed by atoms with Crippen molar-refractivity contribution >= 4 is 21.6 Å². The van der Waals surface area contributed by atoms with Crippen LogP contribution < -0.4 is 15.4 Å². The molecular weight excluding hydrogens is 388 g/mol. The second kappa shape index (κ2) is 9.87. The maximum absolute atomic E-state index is 12.5. The quantitative estimate of drug-likeness (QED) is 0.650. The Morgan fingerprint density at radius 3 is 2.14 bits per heavy atom. The van der Waals surface area contributed by atoms with E-state index in [1.54, 1.807) is 12.1 Å². The van der Waals surface area contributed by atoms with Gasteiger partial charge in [-0.2, -0.15) is 0 Å². The molecule has 1 amide bonds. The molecule has 158 valence electrons. The zero-order valence-electron chi connectivity index (χ0n) is 17.4. The summed E-state index contributed by atoms with van der Waals surface area (Å²) in [5.41, 5.74) is 3.10. The molecule has 1 atom stereocenters. The van der Waals surface area contributed by atoms with E-state index in [1.807, 2.05) is 32.8 Å². The summed E-state index contributed by atoms with van der Waals surface area (Å²) in [6, 6.07) is 14.3. The van der Waals surface area contributed by atoms with Crippen molar-refractivity contribution in [3.63, 3.8) is 0 Å². The first kappa shape index (κ1) is 22.9. The largest absolute Gasteiger partial charge is 0.378 e. The molecule has 0 aliphatic carbocycles. The van der Waals surface area contributed by atoms with E-state index in [2.05, 4.69) is 34.5 Å². The number of primary sulfonamides is 1. The first-order valence-electron chi connectivity index (χ1n) is 9.51. The third-order valence-corrected chi connectivity index (χ3v) is 5.69. The Labute approximate surface area is 173 Å². The van der Waals surface area contributed by atoms with Crippen LogP contribution in [0.15, 0.2) is 53.4 Å². The normalized spacial score (nSPS) is 12.6. The van der Waals surface area contributed by atoms with Crippen LogP contribution in [-0.2, 0) is 21.4 Å². The van der Waals surface area contributed by atoms with Gasteiger partial charge in [-0.15, -0.1) is 0 Å². The third kappa shape index (κ3) is 6.85. The van der Waals surface area contributed by atoms with Gasteiger partial charge in [0.25, 0.3) is 0 Å². The van der Waals surface area contributed by atoms with E-state index in [-0.39, 0.29) is 23.4 Å². The van der Waals surface area contributed by atoms with Gasteiger partial charge in [0.1, 0.15) is 0 Å². The molecule has 0 saturated carbocycles. The minimum atomic E-state index is -3.72. The number of carbonyl (C=O) groups is 1. The van der Waals surface area contributed by atoms with Gasteiger partial charge in [0.05, 0.1) is 17.5 Å². The number of hydrogen-bond acceptors (Lipinski definition) is 5. The highest BCUT2D eigenvalue weighted by Crippen LogP contribution is 2.16. The van der Waals surface area contributed by atoms with Crippen LogP contribution in [0, 0.1) is 0 Å². The monoisotopic (exact) mass is 418 g/mol. The summed E-state index contributed by atoms with van der Waals surface area (Å²) >= 11 is 0. The second-order valence-electron chi connectivity index (χ2n) is 7.27. The molecule has 7 nitrogen and oxygen atoms in total. The third-order valence-electron chi connectivity index (χ3n) is 4.76. The van der Waals surface area contributed by atoms with Gasteiger partial charge in [0.15, 0.2) is 0 Å². The fraction of sp³-hybridized carbons (Fsp3) is 0.381. The fourth-order valence-corrected chi connectivity index (χ4v) is 3.47. The predicted octanol–water partition coefficient (Wildman–Crippen LogP) is 2.10. The zero-order chi connectivity index (χ0) is 21.6. The molecule has 0 radical (unpaired) electrons. The summed E-state index contributed by atoms with van der Waals surface area (Å²) in [5.74, 6) is -0.0835. The molecule has 2 aromatic carbocycles. The lowest BCUT2D eigenvalue weighted by molar-refractivity contribution is -0.123. The lowest BCUT2D eigenvalue weighted by atomic mass is 10.1. The maximum Gasteiger partial charge on any atom is 0.238 e. The van der Waals surface area contributed by atoms with Crippen molar-refractivity contribution in [3.05, 3.63) is 59.7 Å². The van der Waals surface area contributed by atoms with Gasteiger partial charge >= 0.3 is 0 Å². The molecular formula is C21H30N4O3S. The second-order valence-corrected chi connectivity index (χ2v) is 8.83. The standard InChI is InChI=1S/C21H30N4O3S/c1-5-25(14-17-6-10-19(11-7-17)24(3)4)15-21(26)23-16(2)18-8-12-20(13-9-18)29(22,27)28/h6-13,16H,5,14-15H2,1-4H3,(H,23,26)(H2,22,27,28)/t16-/m0/s1. The molecule has 8 heteroatoms. The van der Waals surface area contributed by atoms with E-state index >= 15 is 0 Å². The molecule has 0 aliphatic rings. The van der Waals surface area contributed by atoms with Crippen LogP contribution in [0.5, 0.6) is 0 Å². The molecule has 0 spiro atoms. The number of amides is 1. The zero-order valence-corrected chi connectivity index (χ0v) is 18.2. The van der Waals surface area contributed by atoms with Crippen molar-refractivity contribution in [2.75, 3.05) is 32.1 Å². The Balaban J connectivity index is 1.93. The number of carbonyl (C=O) groups excluding carboxylic acids is 1. The maximum atomic E-state index is 12.5. The smallest absolute Gasteiger partial charge is 0.238 e. The van der Waals surface area contributed by atoms with E-state index < -0.39 is 10.0 Å². The Kier molecular flexibility index (Phi) is 7.78. The van der Waals surface area contributed by atoms with E-state index in [0.29, 0.717) is 6.54 Å². The topological polar surface area (TPSA) is 95.7 Å². The predicted molar refractivity (Wildman–Crippen MR) is 116 cm³/mol. The average molecular weight is 419 g/mol. The Morgan fingerprint density at radius 1 is 1.07 bits per heavy atom. The fourth-order valence-electron chi connectivity index (χ4n) is 2.96. The van der Waals surface area contributed by atoms with Crippen LogP contribution in [0.4, 0.5) is 5.69 Å². The number of nitrogens with one attached hydrogen (secondary N) is 1. The van der Waals surface area contributed by atoms with Crippen LogP contribution in [-0.4, -0.2) is 46.4 Å². The van der Waals surface area contributed by atoms with Gasteiger partial charge in [-0.3, -0.25) is 9.69 Å². The molecule has 0 saturated heterocycles. The molecule has 0 aromatic heterocycles. The first-order chi connectivity index (χ1) is 13.6. The Bertz CT molecular complexity index is 910. The van der Waals surface area contributed by atoms with Crippen molar-refractivity contribution in [1.82, 2.24) is 10.2 Å². The van der Waals surface area contributed by atoms with Crippen molar-refractivity contribution in [1.29, 1.82) is 0 Å². The number of nitrogens with two attached hydrogens (primary N) is 1. The van der Waals surface area contributed by atoms with Gasteiger partial charge in [-0.1, -0.05) is 31.2 Å². The molecule has 29 heavy (non-hydrogen) atoms. The number of anilines is 1. The highest BCUT2D eigenvalue weighted by atomic mass is 32.2. The number of nitrogens with zero attached hydrogens (tertiary/aromatic N) is 2. The van der Waals surface area contributed by atoms with Crippen molar-refractivity contribution in [2.45, 2.75) is 31.3 Å². The Hall–Kier alpha value is -2.42. The number of sulfonamides is 1. The van der Waals surface area contributed by atoms with Crippen molar-refractivity contribution < 1.29 is 13.2 Å². The number of likely N-dealkylation sites (N-methyl/N-ethyl adjacent to an activating group) is 1. The van der Waals surface area contributed by atoms with Crippen LogP contribution in [0.2, 0.25) is 0 Å². The van der Waals surface area contributed by atoms with E-state index in [1.165, 1.54) is 12.1 Å². The van der Waals surface area contributed by atoms with Crippen LogP contribution in [0.25, 0.3) is 0 Å². The van der Waals surface area contributed by atoms with Crippen LogP contribution >= 0.6 is 0 Å². The number of hydrogen-bond donors (Lipinski definition) is 2. The molecule has 3 N–H and O–H groups in total. The molecule has 2 rings (SSSR count). The summed E-state index contributed by atoms with van der Waals surface area (Å²) in [5, 5.41) is 8.08. The van der Waals surface area contributed by atoms with Crippen LogP contribution in [0.1, 0.15) is 31.0 Å². The SMILES string of the molecule is CCN(CC(=O)N[C@@H](C)c1ccc(S(N)(=O)=O)cc1)Cc1ccc(N(C)C)cc1. The lowest BCUT2D eigenvalue weighted by Crippen LogP contribution is -2.38. The number of benzene rings is 2. The van der Waals surface area contributed by atoms with Crippen LogP contribution in [0.3, 0.4) is 0 Å². The molecule has 0 bridgehead atoms. The van der Waals surface area contributed by atoms with Crippen molar-refractivity contribution in [3.8, 4) is 0 Å². The highest BCUT2D eigenvalue weighted by Gasteiger charge is 2.15. The Morgan fingerprint density at radius 2 is 1.66 bits per heavy atom. The highest BCUT2D eigenvalue weighted by molar-refractivity contribution is 7.89. The lowest BCUT2D eigenvalue weighted by Gasteiger charge is -2.22. The summed E-state index contributed by atoms with van der Waals surface area (Å²) in [6.07, 6.45) is 0. The van der Waals surface area contributed by atoms with Crippen molar-refractivity contribution in [2.24, 2.45) is 5.14 Å². The van der Waals surface area contributed by atoms with Gasteiger partial charge in [-0.25, -0.2) is 13.6 Å². The molecule has 0 aliphatic heterocycles. The first-order valence-corrected chi connectivity index (χ1v) is 11.1. The van der Waals surface area contributed by atoms with Gasteiger partial charge < -0.3 is 10.2 Å². The summed E-state index contributed by atoms with van der Waals surface area (Å²) in [7, 11) is 0.281. The van der Waals surface area contributed by atoms with Gasteiger partial charge in [0, 0.05) is 26.3 Å². The number of rotatable bonds is 9. The van der Waals surface area contributed by atoms with E-state index in [4.69, 9.17) is 5.14 Å². The summed E-state index contributed by atoms with van der Waals surface area (Å²) in [6.45, 7) is 5.61. The molecule has 2 aromatic rings. The van der Waals surface area contributed by atoms with Gasteiger partial charge in [-0.05, 0) is 48.9 Å². The van der Waals surface area contributed by atoms with E-state index in [9.17, 15) is 13.2 Å². The average Bonchev–Trinajstić information content (AvgIpc) is 2.67. The van der Waals surface area contributed by atoms with E-state index in [0.717, 1.165) is 23.4 Å². The minimum absolute atomic E-state index is 0.0530. The summed E-state index contributed by atoms with van der Waals surface area (Å²) < 4.78 is 22.7. The summed E-state index contributed by atoms with van der Waals surface area (Å²) in [4.78, 5) is 16.6. The molecule has 0 fully saturated rings.